The van der Waals surface area contributed by atoms with Crippen LogP contribution in [0, 0.1) is 34.9 Å². The largest absolute Gasteiger partial charge is 0.394 e. The molecule has 0 aromatic heterocycles. The van der Waals surface area contributed by atoms with Crippen molar-refractivity contribution in [2.75, 3.05) is 19.7 Å². The van der Waals surface area contributed by atoms with E-state index in [1.54, 1.807) is 12.1 Å². The minimum absolute atomic E-state index is 0.0743. The summed E-state index contributed by atoms with van der Waals surface area (Å²) in [7, 11) is 0. The second-order valence-corrected chi connectivity index (χ2v) is 6.77. The number of piperidine rings is 1. The molecule has 5 heteroatoms. The Morgan fingerprint density at radius 1 is 1.28 bits per heavy atom. The summed E-state index contributed by atoms with van der Waals surface area (Å²) in [5, 5.41) is 19.3. The molecule has 1 aliphatic carbocycles. The standard InChI is InChI=1S/C20H22F2N2O/c21-17-3-1-2-16(11-17)20(13-25)24-8-6-14(7-9-24)19(12-23)15-4-5-18(22)10-15/h1-5,10-11,14-15,19-20,25H,6-9,13H2. The molecule has 132 valence electrons. The number of likely N-dealkylation sites (tertiary alicyclic amines) is 1. The van der Waals surface area contributed by atoms with Crippen LogP contribution in [0.4, 0.5) is 8.78 Å². The van der Waals surface area contributed by atoms with Crippen molar-refractivity contribution in [3.05, 3.63) is 59.7 Å². The molecule has 0 amide bonds. The average molecular weight is 344 g/mol. The average Bonchev–Trinajstić information content (AvgIpc) is 3.04. The predicted molar refractivity (Wildman–Crippen MR) is 91.4 cm³/mol. The fourth-order valence-corrected chi connectivity index (χ4v) is 3.96. The molecule has 0 saturated carbocycles. The third-order valence-corrected chi connectivity index (χ3v) is 5.32. The second kappa shape index (κ2) is 7.90. The van der Waals surface area contributed by atoms with Gasteiger partial charge in [0.05, 0.1) is 24.6 Å². The first kappa shape index (κ1) is 17.8. The molecule has 3 nitrogen and oxygen atoms in total. The molecule has 1 aromatic rings. The van der Waals surface area contributed by atoms with Crippen LogP contribution >= 0.6 is 0 Å². The molecule has 0 spiro atoms. The number of benzene rings is 1. The highest BCUT2D eigenvalue weighted by atomic mass is 19.1. The summed E-state index contributed by atoms with van der Waals surface area (Å²) in [5.74, 6) is -0.761. The van der Waals surface area contributed by atoms with Gasteiger partial charge < -0.3 is 5.11 Å². The van der Waals surface area contributed by atoms with Gasteiger partial charge in [0.1, 0.15) is 11.6 Å². The van der Waals surface area contributed by atoms with E-state index < -0.39 is 0 Å². The number of aliphatic hydroxyl groups is 1. The predicted octanol–water partition coefficient (Wildman–Crippen LogP) is 3.75. The first-order chi connectivity index (χ1) is 12.1. The zero-order chi connectivity index (χ0) is 17.8. The Bertz CT molecular complexity index is 702. The minimum atomic E-state index is -0.308. The Morgan fingerprint density at radius 3 is 2.60 bits per heavy atom. The summed E-state index contributed by atoms with van der Waals surface area (Å²) in [6, 6.07) is 8.45. The molecule has 0 radical (unpaired) electrons. The van der Waals surface area contributed by atoms with Crippen molar-refractivity contribution in [1.29, 1.82) is 5.26 Å². The summed E-state index contributed by atoms with van der Waals surface area (Å²) >= 11 is 0. The number of aliphatic hydroxyl groups excluding tert-OH is 1. The Kier molecular flexibility index (Phi) is 5.62. The summed E-state index contributed by atoms with van der Waals surface area (Å²) in [6.45, 7) is 1.38. The van der Waals surface area contributed by atoms with Crippen LogP contribution in [0.15, 0.2) is 48.3 Å². The van der Waals surface area contributed by atoms with Gasteiger partial charge in [-0.15, -0.1) is 0 Å². The maximum Gasteiger partial charge on any atom is 0.123 e. The summed E-state index contributed by atoms with van der Waals surface area (Å²) in [4.78, 5) is 2.14. The molecule has 3 atom stereocenters. The number of rotatable bonds is 5. The smallest absolute Gasteiger partial charge is 0.123 e. The van der Waals surface area contributed by atoms with Crippen LogP contribution in [0.3, 0.4) is 0 Å². The fraction of sp³-hybridized carbons (Fsp3) is 0.450. The molecule has 0 bridgehead atoms. The van der Waals surface area contributed by atoms with Gasteiger partial charge in [0, 0.05) is 5.92 Å². The second-order valence-electron chi connectivity index (χ2n) is 6.77. The van der Waals surface area contributed by atoms with E-state index in [0.717, 1.165) is 31.5 Å². The van der Waals surface area contributed by atoms with Gasteiger partial charge >= 0.3 is 0 Å². The Morgan fingerprint density at radius 2 is 2.04 bits per heavy atom. The van der Waals surface area contributed by atoms with Gasteiger partial charge in [-0.2, -0.15) is 5.26 Å². The van der Waals surface area contributed by atoms with Crippen molar-refractivity contribution in [2.45, 2.75) is 18.9 Å². The molecule has 1 aliphatic heterocycles. The lowest BCUT2D eigenvalue weighted by molar-refractivity contribution is 0.0756. The van der Waals surface area contributed by atoms with E-state index in [0.29, 0.717) is 0 Å². The quantitative estimate of drug-likeness (QED) is 0.885. The first-order valence-corrected chi connectivity index (χ1v) is 8.68. The maximum atomic E-state index is 13.5. The minimum Gasteiger partial charge on any atom is -0.394 e. The highest BCUT2D eigenvalue weighted by Gasteiger charge is 2.33. The lowest BCUT2D eigenvalue weighted by Gasteiger charge is -2.39. The van der Waals surface area contributed by atoms with Crippen LogP contribution in [-0.2, 0) is 0 Å². The Hall–Kier alpha value is -2.03. The van der Waals surface area contributed by atoms with Crippen LogP contribution in [-0.4, -0.2) is 29.7 Å². The highest BCUT2D eigenvalue weighted by Crippen LogP contribution is 2.36. The van der Waals surface area contributed by atoms with E-state index >= 15 is 0 Å². The molecule has 1 N–H and O–H groups in total. The molecular weight excluding hydrogens is 322 g/mol. The molecule has 3 unspecified atom stereocenters. The summed E-state index contributed by atoms with van der Waals surface area (Å²) in [5.41, 5.74) is 0.765. The molecule has 3 rings (SSSR count). The third-order valence-electron chi connectivity index (χ3n) is 5.32. The van der Waals surface area contributed by atoms with E-state index in [4.69, 9.17) is 0 Å². The monoisotopic (exact) mass is 344 g/mol. The Balaban J connectivity index is 1.64. The van der Waals surface area contributed by atoms with Crippen LogP contribution < -0.4 is 0 Å². The van der Waals surface area contributed by atoms with Gasteiger partial charge in [-0.3, -0.25) is 4.90 Å². The van der Waals surface area contributed by atoms with Gasteiger partial charge in [0.2, 0.25) is 0 Å². The van der Waals surface area contributed by atoms with E-state index in [2.05, 4.69) is 11.0 Å². The van der Waals surface area contributed by atoms with Gasteiger partial charge in [-0.05, 0) is 61.7 Å². The highest BCUT2D eigenvalue weighted by molar-refractivity contribution is 5.26. The number of hydrogen-bond donors (Lipinski definition) is 1. The number of nitrogens with zero attached hydrogens (tertiary/aromatic N) is 2. The van der Waals surface area contributed by atoms with Crippen molar-refractivity contribution < 1.29 is 13.9 Å². The lowest BCUT2D eigenvalue weighted by Crippen LogP contribution is -2.40. The molecule has 1 fully saturated rings. The molecule has 25 heavy (non-hydrogen) atoms. The third kappa shape index (κ3) is 3.97. The topological polar surface area (TPSA) is 47.3 Å². The van der Waals surface area contributed by atoms with Crippen molar-refractivity contribution in [3.63, 3.8) is 0 Å². The zero-order valence-corrected chi connectivity index (χ0v) is 14.0. The maximum absolute atomic E-state index is 13.5. The van der Waals surface area contributed by atoms with Gasteiger partial charge in [-0.1, -0.05) is 18.2 Å². The van der Waals surface area contributed by atoms with Crippen molar-refractivity contribution in [3.8, 4) is 6.07 Å². The van der Waals surface area contributed by atoms with Gasteiger partial charge in [-0.25, -0.2) is 8.78 Å². The first-order valence-electron chi connectivity index (χ1n) is 8.68. The number of halogens is 2. The molecule has 2 aliphatic rings. The van der Waals surface area contributed by atoms with Crippen LogP contribution in [0.1, 0.15) is 24.4 Å². The van der Waals surface area contributed by atoms with Gasteiger partial charge in [0.15, 0.2) is 0 Å². The van der Waals surface area contributed by atoms with Crippen LogP contribution in [0.25, 0.3) is 0 Å². The van der Waals surface area contributed by atoms with Crippen molar-refractivity contribution in [2.24, 2.45) is 17.8 Å². The Labute approximate surface area is 146 Å². The molecular formula is C20H22F2N2O. The van der Waals surface area contributed by atoms with Gasteiger partial charge in [0.25, 0.3) is 0 Å². The molecule has 1 heterocycles. The van der Waals surface area contributed by atoms with E-state index in [1.165, 1.54) is 24.3 Å². The van der Waals surface area contributed by atoms with Crippen molar-refractivity contribution in [1.82, 2.24) is 4.90 Å². The molecule has 1 aromatic carbocycles. The van der Waals surface area contributed by atoms with Crippen molar-refractivity contribution >= 4 is 0 Å². The number of hydrogen-bond acceptors (Lipinski definition) is 3. The van der Waals surface area contributed by atoms with Crippen LogP contribution in [0.5, 0.6) is 0 Å². The zero-order valence-electron chi connectivity index (χ0n) is 14.0. The number of nitriles is 1. The van der Waals surface area contributed by atoms with E-state index in [-0.39, 0.29) is 42.0 Å². The summed E-state index contributed by atoms with van der Waals surface area (Å²) < 4.78 is 26.7. The van der Waals surface area contributed by atoms with Crippen LogP contribution in [0.2, 0.25) is 0 Å². The lowest BCUT2D eigenvalue weighted by atomic mass is 9.77. The normalized spacial score (nSPS) is 23.9. The van der Waals surface area contributed by atoms with E-state index in [1.807, 2.05) is 6.07 Å². The SMILES string of the molecule is N#CC(C1C=CC(F)=C1)C1CCN(C(CO)c2cccc(F)c2)CC1. The molecule has 1 saturated heterocycles. The number of allylic oxidation sites excluding steroid dienone is 4. The summed E-state index contributed by atoms with van der Waals surface area (Å²) in [6.07, 6.45) is 6.33. The fourth-order valence-electron chi connectivity index (χ4n) is 3.96. The van der Waals surface area contributed by atoms with E-state index in [9.17, 15) is 19.1 Å².